The molecule has 1 saturated heterocycles. The van der Waals surface area contributed by atoms with Crippen molar-refractivity contribution >= 4 is 17.7 Å². The Morgan fingerprint density at radius 3 is 2.39 bits per heavy atom. The molecule has 1 fully saturated rings. The number of amides is 3. The second-order valence-electron chi connectivity index (χ2n) is 5.46. The highest BCUT2D eigenvalue weighted by molar-refractivity contribution is 5.92. The maximum atomic E-state index is 12.3. The maximum Gasteiger partial charge on any atom is 0.237 e. The van der Waals surface area contributed by atoms with Gasteiger partial charge in [0.25, 0.3) is 0 Å². The highest BCUT2D eigenvalue weighted by atomic mass is 16.2. The zero-order chi connectivity index (χ0) is 13.9. The van der Waals surface area contributed by atoms with Crippen LogP contribution in [0.1, 0.15) is 33.1 Å². The lowest BCUT2D eigenvalue weighted by Crippen LogP contribution is -2.41. The second kappa shape index (κ2) is 5.37. The Labute approximate surface area is 107 Å². The third-order valence-corrected chi connectivity index (χ3v) is 3.26. The Kier molecular flexibility index (Phi) is 4.32. The van der Waals surface area contributed by atoms with Crippen LogP contribution in [0, 0.1) is 11.3 Å². The first-order valence-corrected chi connectivity index (χ1v) is 6.13. The molecule has 6 nitrogen and oxygen atoms in total. The van der Waals surface area contributed by atoms with Crippen LogP contribution in [-0.2, 0) is 14.4 Å². The van der Waals surface area contributed by atoms with Crippen LogP contribution < -0.4 is 11.5 Å². The minimum absolute atomic E-state index is 0.0409. The van der Waals surface area contributed by atoms with E-state index >= 15 is 0 Å². The summed E-state index contributed by atoms with van der Waals surface area (Å²) in [5, 5.41) is 0. The summed E-state index contributed by atoms with van der Waals surface area (Å²) in [5.74, 6) is -0.914. The van der Waals surface area contributed by atoms with Crippen LogP contribution >= 0.6 is 0 Å². The van der Waals surface area contributed by atoms with E-state index in [1.807, 2.05) is 13.8 Å². The number of carbonyl (C=O) groups is 3. The Balaban J connectivity index is 2.88. The molecule has 3 amide bonds. The Morgan fingerprint density at radius 1 is 1.33 bits per heavy atom. The fourth-order valence-corrected chi connectivity index (χ4v) is 2.77. The van der Waals surface area contributed by atoms with Crippen LogP contribution in [0.4, 0.5) is 0 Å². The average molecular weight is 255 g/mol. The molecule has 0 bridgehead atoms. The number of hydrogen-bond acceptors (Lipinski definition) is 3. The highest BCUT2D eigenvalue weighted by Crippen LogP contribution is 2.40. The summed E-state index contributed by atoms with van der Waals surface area (Å²) in [5.41, 5.74) is 9.60. The number of primary amides is 2. The first kappa shape index (κ1) is 14.5. The lowest BCUT2D eigenvalue weighted by Gasteiger charge is -2.28. The number of rotatable bonds is 6. The molecule has 1 aliphatic heterocycles. The van der Waals surface area contributed by atoms with Gasteiger partial charge >= 0.3 is 0 Å². The predicted octanol–water partition coefficient (Wildman–Crippen LogP) is -0.388. The molecule has 1 aliphatic rings. The van der Waals surface area contributed by atoms with Crippen molar-refractivity contribution in [1.82, 2.24) is 4.90 Å². The SMILES string of the molecule is CC(C)CC1(CC(N)=O)CCN(CC(N)=O)C1=O. The topological polar surface area (TPSA) is 106 Å². The van der Waals surface area contributed by atoms with E-state index in [1.54, 1.807) is 0 Å². The van der Waals surface area contributed by atoms with Crippen LogP contribution in [0.5, 0.6) is 0 Å². The van der Waals surface area contributed by atoms with Crippen LogP contribution in [0.25, 0.3) is 0 Å². The first-order valence-electron chi connectivity index (χ1n) is 6.13. The van der Waals surface area contributed by atoms with E-state index in [0.29, 0.717) is 19.4 Å². The fourth-order valence-electron chi connectivity index (χ4n) is 2.77. The van der Waals surface area contributed by atoms with Gasteiger partial charge in [-0.3, -0.25) is 14.4 Å². The lowest BCUT2D eigenvalue weighted by atomic mass is 9.76. The quantitative estimate of drug-likeness (QED) is 0.675. The fraction of sp³-hybridized carbons (Fsp3) is 0.750. The van der Waals surface area contributed by atoms with Gasteiger partial charge in [-0.05, 0) is 18.8 Å². The molecule has 1 atom stereocenters. The summed E-state index contributed by atoms with van der Waals surface area (Å²) < 4.78 is 0. The van der Waals surface area contributed by atoms with Crippen LogP contribution in [0.15, 0.2) is 0 Å². The summed E-state index contributed by atoms with van der Waals surface area (Å²) >= 11 is 0. The molecule has 1 heterocycles. The normalized spacial score (nSPS) is 23.7. The number of likely N-dealkylation sites (tertiary alicyclic amines) is 1. The summed E-state index contributed by atoms with van der Waals surface area (Å²) in [6.07, 6.45) is 1.20. The van der Waals surface area contributed by atoms with Crippen molar-refractivity contribution in [2.45, 2.75) is 33.1 Å². The Bertz CT molecular complexity index is 368. The molecule has 0 aromatic rings. The van der Waals surface area contributed by atoms with Crippen molar-refractivity contribution in [1.29, 1.82) is 0 Å². The second-order valence-corrected chi connectivity index (χ2v) is 5.46. The first-order chi connectivity index (χ1) is 8.27. The van der Waals surface area contributed by atoms with E-state index in [1.165, 1.54) is 4.90 Å². The molecule has 0 aromatic carbocycles. The van der Waals surface area contributed by atoms with E-state index in [4.69, 9.17) is 11.5 Å². The Morgan fingerprint density at radius 2 is 1.94 bits per heavy atom. The molecule has 1 rings (SSSR count). The van der Waals surface area contributed by atoms with E-state index in [-0.39, 0.29) is 24.8 Å². The van der Waals surface area contributed by atoms with Crippen molar-refractivity contribution in [3.8, 4) is 0 Å². The van der Waals surface area contributed by atoms with Crippen LogP contribution in [-0.4, -0.2) is 35.7 Å². The molecule has 0 radical (unpaired) electrons. The molecule has 102 valence electrons. The average Bonchev–Trinajstić information content (AvgIpc) is 2.44. The van der Waals surface area contributed by atoms with Gasteiger partial charge in [-0.1, -0.05) is 13.8 Å². The zero-order valence-electron chi connectivity index (χ0n) is 10.9. The summed E-state index contributed by atoms with van der Waals surface area (Å²) in [6.45, 7) is 4.36. The number of hydrogen-bond donors (Lipinski definition) is 2. The van der Waals surface area contributed by atoms with Gasteiger partial charge in [0.1, 0.15) is 0 Å². The van der Waals surface area contributed by atoms with Crippen molar-refractivity contribution < 1.29 is 14.4 Å². The number of nitrogens with zero attached hydrogens (tertiary/aromatic N) is 1. The van der Waals surface area contributed by atoms with E-state index in [0.717, 1.165) is 0 Å². The highest BCUT2D eigenvalue weighted by Gasteiger charge is 2.47. The van der Waals surface area contributed by atoms with E-state index in [2.05, 4.69) is 0 Å². The van der Waals surface area contributed by atoms with Crippen LogP contribution in [0.3, 0.4) is 0 Å². The summed E-state index contributed by atoms with van der Waals surface area (Å²) in [6, 6.07) is 0. The molecule has 0 saturated carbocycles. The molecule has 1 unspecified atom stereocenters. The standard InChI is InChI=1S/C12H21N3O3/c1-8(2)5-12(6-9(13)16)3-4-15(11(12)18)7-10(14)17/h8H,3-7H2,1-2H3,(H2,13,16)(H2,14,17). The van der Waals surface area contributed by atoms with Gasteiger partial charge in [0, 0.05) is 13.0 Å². The van der Waals surface area contributed by atoms with Gasteiger partial charge in [0.2, 0.25) is 17.7 Å². The molecule has 4 N–H and O–H groups in total. The lowest BCUT2D eigenvalue weighted by molar-refractivity contribution is -0.141. The zero-order valence-corrected chi connectivity index (χ0v) is 10.9. The molecule has 6 heteroatoms. The van der Waals surface area contributed by atoms with Gasteiger partial charge in [-0.2, -0.15) is 0 Å². The molecule has 0 aliphatic carbocycles. The van der Waals surface area contributed by atoms with Gasteiger partial charge in [0.15, 0.2) is 0 Å². The summed E-state index contributed by atoms with van der Waals surface area (Å²) in [7, 11) is 0. The third-order valence-electron chi connectivity index (χ3n) is 3.26. The van der Waals surface area contributed by atoms with Gasteiger partial charge < -0.3 is 16.4 Å². The molecule has 0 spiro atoms. The van der Waals surface area contributed by atoms with Crippen LogP contribution in [0.2, 0.25) is 0 Å². The molecule has 0 aromatic heterocycles. The number of nitrogens with two attached hydrogens (primary N) is 2. The molecular formula is C12H21N3O3. The molecule has 18 heavy (non-hydrogen) atoms. The largest absolute Gasteiger partial charge is 0.370 e. The minimum atomic E-state index is -0.741. The monoisotopic (exact) mass is 255 g/mol. The van der Waals surface area contributed by atoms with Crippen molar-refractivity contribution in [2.75, 3.05) is 13.1 Å². The van der Waals surface area contributed by atoms with Gasteiger partial charge in [-0.25, -0.2) is 0 Å². The smallest absolute Gasteiger partial charge is 0.237 e. The third kappa shape index (κ3) is 3.21. The van der Waals surface area contributed by atoms with Gasteiger partial charge in [0.05, 0.1) is 12.0 Å². The predicted molar refractivity (Wildman–Crippen MR) is 66.1 cm³/mol. The summed E-state index contributed by atoms with van der Waals surface area (Å²) in [4.78, 5) is 35.8. The van der Waals surface area contributed by atoms with E-state index < -0.39 is 17.2 Å². The molecular weight excluding hydrogens is 234 g/mol. The van der Waals surface area contributed by atoms with E-state index in [9.17, 15) is 14.4 Å². The maximum absolute atomic E-state index is 12.3. The Hall–Kier alpha value is -1.59. The number of carbonyl (C=O) groups excluding carboxylic acids is 3. The van der Waals surface area contributed by atoms with Crippen molar-refractivity contribution in [2.24, 2.45) is 22.8 Å². The van der Waals surface area contributed by atoms with Gasteiger partial charge in [-0.15, -0.1) is 0 Å². The van der Waals surface area contributed by atoms with Crippen molar-refractivity contribution in [3.05, 3.63) is 0 Å². The van der Waals surface area contributed by atoms with Crippen molar-refractivity contribution in [3.63, 3.8) is 0 Å². The minimum Gasteiger partial charge on any atom is -0.370 e.